The van der Waals surface area contributed by atoms with Crippen LogP contribution < -0.4 is 10.2 Å². The van der Waals surface area contributed by atoms with E-state index in [1.54, 1.807) is 69.4 Å². The lowest BCUT2D eigenvalue weighted by Crippen LogP contribution is -2.62. The van der Waals surface area contributed by atoms with Gasteiger partial charge in [0.2, 0.25) is 5.91 Å². The van der Waals surface area contributed by atoms with Crippen LogP contribution in [-0.2, 0) is 43.2 Å². The second kappa shape index (κ2) is 15.3. The van der Waals surface area contributed by atoms with Crippen LogP contribution in [0.1, 0.15) is 67.6 Å². The SMILES string of the molecule is CC(=O)c1ccc(CC(=O)O[C@H]2CC(=O)N(C)c3cc(cc(CO)c3Cl)C/C(C)=C/C=C/[C@@H](CO)[C@@]3(O)C[C@H](OC(=O)N3)[C@@H](C)[C@@H]3O[C@@]23C)cc1. The number of ketones is 1. The lowest BCUT2D eigenvalue weighted by atomic mass is 9.81. The average molecular weight is 725 g/mol. The van der Waals surface area contributed by atoms with E-state index in [1.807, 2.05) is 13.0 Å². The quantitative estimate of drug-likeness (QED) is 0.192. The minimum absolute atomic E-state index is 0.0786. The minimum Gasteiger partial charge on any atom is -0.458 e. The number of halogens is 1. The zero-order chi connectivity index (χ0) is 37.2. The molecule has 0 radical (unpaired) electrons. The van der Waals surface area contributed by atoms with Crippen molar-refractivity contribution in [1.82, 2.24) is 5.32 Å². The summed E-state index contributed by atoms with van der Waals surface area (Å²) in [6, 6.07) is 10.1. The number of aliphatic hydroxyl groups is 3. The van der Waals surface area contributed by atoms with Gasteiger partial charge in [-0.25, -0.2) is 4.79 Å². The Morgan fingerprint density at radius 3 is 2.51 bits per heavy atom. The van der Waals surface area contributed by atoms with Gasteiger partial charge >= 0.3 is 12.1 Å². The number of carbonyl (C=O) groups is 4. The number of carbonyl (C=O) groups excluding carboxylic acids is 4. The van der Waals surface area contributed by atoms with Crippen molar-refractivity contribution in [2.45, 2.75) is 89.6 Å². The second-order valence-electron chi connectivity index (χ2n) is 14.0. The van der Waals surface area contributed by atoms with Gasteiger partial charge in [-0.15, -0.1) is 0 Å². The normalized spacial score (nSPS) is 31.4. The summed E-state index contributed by atoms with van der Waals surface area (Å²) >= 11 is 6.70. The average Bonchev–Trinajstić information content (AvgIpc) is 3.77. The standard InChI is InChI=1S/C38H45ClN2O10/c1-21-7-6-8-28(20-43)38(48)18-30(49-36(47)40-38)22(2)35-37(4,51-35)31(50-33(46)16-24-9-11-26(12-10-24)23(3)44)17-32(45)41(5)29-15-25(13-21)14-27(19-42)34(29)39/h6-12,14-15,22,28,30-31,35,42-43,48H,13,16-20H2,1-5H3,(H,40,47)/b8-6+,21-7+/t22-,28+,30+,31+,35+,37+,38+/m1/s1. The number of fused-ring (bicyclic) bond motifs is 5. The van der Waals surface area contributed by atoms with Crippen LogP contribution in [-0.4, -0.2) is 82.4 Å². The van der Waals surface area contributed by atoms with Crippen molar-refractivity contribution in [1.29, 1.82) is 0 Å². The molecule has 4 N–H and O–H groups in total. The Bertz CT molecular complexity index is 1740. The predicted molar refractivity (Wildman–Crippen MR) is 188 cm³/mol. The summed E-state index contributed by atoms with van der Waals surface area (Å²) in [4.78, 5) is 53.3. The first kappa shape index (κ1) is 38.2. The van der Waals surface area contributed by atoms with Gasteiger partial charge in [-0.2, -0.15) is 0 Å². The molecule has 0 aliphatic carbocycles. The molecule has 274 valence electrons. The van der Waals surface area contributed by atoms with E-state index in [0.29, 0.717) is 28.8 Å². The molecular weight excluding hydrogens is 680 g/mol. The van der Waals surface area contributed by atoms with E-state index < -0.39 is 66.1 Å². The molecule has 12 nitrogen and oxygen atoms in total. The van der Waals surface area contributed by atoms with Crippen LogP contribution in [0.5, 0.6) is 0 Å². The summed E-state index contributed by atoms with van der Waals surface area (Å²) in [5, 5.41) is 34.7. The predicted octanol–water partition coefficient (Wildman–Crippen LogP) is 4.19. The Morgan fingerprint density at radius 2 is 1.86 bits per heavy atom. The number of allylic oxidation sites excluding steroid dienone is 3. The van der Waals surface area contributed by atoms with E-state index in [9.17, 15) is 34.5 Å². The van der Waals surface area contributed by atoms with Crippen molar-refractivity contribution in [3.8, 4) is 0 Å². The summed E-state index contributed by atoms with van der Waals surface area (Å²) < 4.78 is 17.8. The molecule has 2 fully saturated rings. The molecule has 51 heavy (non-hydrogen) atoms. The van der Waals surface area contributed by atoms with Crippen LogP contribution in [0.2, 0.25) is 5.02 Å². The molecule has 7 atom stereocenters. The van der Waals surface area contributed by atoms with Gasteiger partial charge in [0.25, 0.3) is 0 Å². The first-order valence-corrected chi connectivity index (χ1v) is 17.3. The molecule has 2 aromatic carbocycles. The van der Waals surface area contributed by atoms with E-state index in [0.717, 1.165) is 11.1 Å². The Balaban J connectivity index is 1.52. The van der Waals surface area contributed by atoms with Gasteiger partial charge in [0.1, 0.15) is 17.8 Å². The number of epoxide rings is 1. The highest BCUT2D eigenvalue weighted by Gasteiger charge is 2.64. The van der Waals surface area contributed by atoms with Crippen LogP contribution in [0.4, 0.5) is 10.5 Å². The highest BCUT2D eigenvalue weighted by atomic mass is 35.5. The molecule has 2 saturated heterocycles. The first-order chi connectivity index (χ1) is 24.1. The number of anilines is 1. The fourth-order valence-electron chi connectivity index (χ4n) is 6.92. The van der Waals surface area contributed by atoms with Crippen molar-refractivity contribution in [3.05, 3.63) is 87.5 Å². The number of ether oxygens (including phenoxy) is 3. The molecule has 4 bridgehead atoms. The number of benzene rings is 2. The van der Waals surface area contributed by atoms with E-state index in [2.05, 4.69) is 5.32 Å². The fourth-order valence-corrected chi connectivity index (χ4v) is 7.21. The van der Waals surface area contributed by atoms with Crippen LogP contribution >= 0.6 is 11.6 Å². The molecule has 3 aliphatic rings. The summed E-state index contributed by atoms with van der Waals surface area (Å²) in [6.45, 7) is 5.99. The van der Waals surface area contributed by atoms with Gasteiger partial charge in [0.05, 0.1) is 42.9 Å². The van der Waals surface area contributed by atoms with E-state index in [-0.39, 0.29) is 36.7 Å². The fraction of sp³-hybridized carbons (Fsp3) is 0.474. The molecule has 2 aromatic rings. The van der Waals surface area contributed by atoms with Crippen molar-refractivity contribution in [2.75, 3.05) is 18.6 Å². The number of rotatable bonds is 6. The van der Waals surface area contributed by atoms with Crippen LogP contribution in [0.25, 0.3) is 0 Å². The Labute approximate surface area is 302 Å². The lowest BCUT2D eigenvalue weighted by molar-refractivity contribution is -0.153. The summed E-state index contributed by atoms with van der Waals surface area (Å²) in [5.74, 6) is -2.59. The third-order valence-corrected chi connectivity index (χ3v) is 10.6. The molecule has 5 rings (SSSR count). The molecule has 0 spiro atoms. The van der Waals surface area contributed by atoms with E-state index in [4.69, 9.17) is 25.8 Å². The third kappa shape index (κ3) is 8.37. The monoisotopic (exact) mass is 724 g/mol. The Kier molecular flexibility index (Phi) is 11.4. The van der Waals surface area contributed by atoms with Crippen LogP contribution in [0, 0.1) is 11.8 Å². The van der Waals surface area contributed by atoms with Gasteiger partial charge in [-0.3, -0.25) is 19.7 Å². The number of Topliss-reactive ketones (excluding diaryl/α,β-unsaturated/α-hetero) is 1. The van der Waals surface area contributed by atoms with Gasteiger partial charge in [0.15, 0.2) is 11.5 Å². The number of hydrogen-bond donors (Lipinski definition) is 4. The van der Waals surface area contributed by atoms with Gasteiger partial charge in [0, 0.05) is 30.9 Å². The van der Waals surface area contributed by atoms with Crippen molar-refractivity contribution in [3.63, 3.8) is 0 Å². The molecule has 0 unspecified atom stereocenters. The highest BCUT2D eigenvalue weighted by Crippen LogP contribution is 2.49. The van der Waals surface area contributed by atoms with Gasteiger partial charge in [-0.05, 0) is 49.9 Å². The van der Waals surface area contributed by atoms with E-state index in [1.165, 1.54) is 11.8 Å². The topological polar surface area (TPSA) is 175 Å². The zero-order valence-electron chi connectivity index (χ0n) is 29.4. The van der Waals surface area contributed by atoms with Crippen molar-refractivity contribution in [2.24, 2.45) is 11.8 Å². The number of alkyl carbamates (subject to hydrolysis) is 1. The molecule has 0 saturated carbocycles. The summed E-state index contributed by atoms with van der Waals surface area (Å²) in [6.07, 6.45) is 1.55. The Morgan fingerprint density at radius 1 is 1.16 bits per heavy atom. The minimum atomic E-state index is -1.85. The molecule has 2 amide bonds. The highest BCUT2D eigenvalue weighted by molar-refractivity contribution is 6.34. The smallest absolute Gasteiger partial charge is 0.409 e. The number of nitrogens with zero attached hydrogens (tertiary/aromatic N) is 1. The van der Waals surface area contributed by atoms with Gasteiger partial charge < -0.3 is 34.4 Å². The van der Waals surface area contributed by atoms with Crippen molar-refractivity contribution >= 4 is 41.0 Å². The lowest BCUT2D eigenvalue weighted by Gasteiger charge is -2.42. The number of hydrogen-bond acceptors (Lipinski definition) is 10. The molecule has 3 heterocycles. The maximum Gasteiger partial charge on any atom is 0.409 e. The number of aliphatic hydroxyl groups excluding tert-OH is 2. The number of amides is 2. The second-order valence-corrected chi connectivity index (χ2v) is 14.3. The summed E-state index contributed by atoms with van der Waals surface area (Å²) in [5.41, 5.74) is 0.501. The van der Waals surface area contributed by atoms with Crippen molar-refractivity contribution < 1.29 is 48.7 Å². The Hall–Kier alpha value is -4.07. The summed E-state index contributed by atoms with van der Waals surface area (Å²) in [7, 11) is 1.55. The maximum absolute atomic E-state index is 14.0. The zero-order valence-corrected chi connectivity index (χ0v) is 30.1. The molecular formula is C38H45ClN2O10. The number of esters is 1. The van der Waals surface area contributed by atoms with E-state index >= 15 is 0 Å². The van der Waals surface area contributed by atoms with Crippen LogP contribution in [0.3, 0.4) is 0 Å². The molecule has 13 heteroatoms. The maximum atomic E-state index is 14.0. The first-order valence-electron chi connectivity index (χ1n) is 16.9. The number of nitrogens with one attached hydrogen (secondary N) is 1. The largest absolute Gasteiger partial charge is 0.458 e. The molecule has 3 aliphatic heterocycles. The molecule has 0 aromatic heterocycles. The third-order valence-electron chi connectivity index (χ3n) is 10.1. The van der Waals surface area contributed by atoms with Gasteiger partial charge in [-0.1, -0.05) is 72.7 Å². The van der Waals surface area contributed by atoms with Crippen LogP contribution in [0.15, 0.2) is 60.2 Å².